The molecule has 0 aliphatic rings. The van der Waals surface area contributed by atoms with Gasteiger partial charge >= 0.3 is 0 Å². The standard InChI is InChI=1S/C18H26N2/c1-14(17-8-6-5-7-9-17)10-11-19-13-18-12-15(2)20(4)16(18)3/h5-9,12,14,19H,10-11,13H2,1-4H3. The Labute approximate surface area is 122 Å². The normalized spacial score (nSPS) is 12.6. The van der Waals surface area contributed by atoms with Gasteiger partial charge in [-0.3, -0.25) is 0 Å². The summed E-state index contributed by atoms with van der Waals surface area (Å²) in [5, 5.41) is 3.57. The molecule has 0 aliphatic heterocycles. The highest BCUT2D eigenvalue weighted by molar-refractivity contribution is 5.26. The van der Waals surface area contributed by atoms with Crippen LogP contribution < -0.4 is 5.32 Å². The van der Waals surface area contributed by atoms with Crippen LogP contribution in [0.25, 0.3) is 0 Å². The predicted octanol–water partition coefficient (Wildman–Crippen LogP) is 3.93. The van der Waals surface area contributed by atoms with Gasteiger partial charge in [0.1, 0.15) is 0 Å². The molecule has 0 saturated heterocycles. The van der Waals surface area contributed by atoms with Crippen LogP contribution >= 0.6 is 0 Å². The highest BCUT2D eigenvalue weighted by atomic mass is 15.0. The summed E-state index contributed by atoms with van der Waals surface area (Å²) < 4.78 is 2.25. The van der Waals surface area contributed by atoms with E-state index in [4.69, 9.17) is 0 Å². The van der Waals surface area contributed by atoms with Crippen LogP contribution in [0.2, 0.25) is 0 Å². The topological polar surface area (TPSA) is 17.0 Å². The van der Waals surface area contributed by atoms with Crippen LogP contribution in [0.3, 0.4) is 0 Å². The zero-order valence-corrected chi connectivity index (χ0v) is 13.1. The lowest BCUT2D eigenvalue weighted by molar-refractivity contribution is 0.593. The zero-order chi connectivity index (χ0) is 14.5. The van der Waals surface area contributed by atoms with E-state index in [1.165, 1.54) is 28.9 Å². The summed E-state index contributed by atoms with van der Waals surface area (Å²) in [6.45, 7) is 8.68. The first-order chi connectivity index (χ1) is 9.59. The molecule has 2 heteroatoms. The van der Waals surface area contributed by atoms with E-state index in [-0.39, 0.29) is 0 Å². The SMILES string of the molecule is Cc1cc(CNCCC(C)c2ccccc2)c(C)n1C. The third kappa shape index (κ3) is 3.51. The Kier molecular flexibility index (Phi) is 5.02. The molecule has 0 amide bonds. The Morgan fingerprint density at radius 1 is 1.15 bits per heavy atom. The fraction of sp³-hybridized carbons (Fsp3) is 0.444. The van der Waals surface area contributed by atoms with E-state index < -0.39 is 0 Å². The van der Waals surface area contributed by atoms with Crippen LogP contribution in [0.4, 0.5) is 0 Å². The molecule has 0 radical (unpaired) electrons. The van der Waals surface area contributed by atoms with Crippen molar-refractivity contribution in [2.24, 2.45) is 7.05 Å². The van der Waals surface area contributed by atoms with Gasteiger partial charge in [0.15, 0.2) is 0 Å². The van der Waals surface area contributed by atoms with Crippen LogP contribution in [0.15, 0.2) is 36.4 Å². The maximum atomic E-state index is 3.57. The van der Waals surface area contributed by atoms with Crippen molar-refractivity contribution in [2.45, 2.75) is 39.7 Å². The summed E-state index contributed by atoms with van der Waals surface area (Å²) in [6.07, 6.45) is 1.18. The van der Waals surface area contributed by atoms with Crippen LogP contribution in [0.1, 0.15) is 41.8 Å². The fourth-order valence-electron chi connectivity index (χ4n) is 2.60. The van der Waals surface area contributed by atoms with Gasteiger partial charge in [-0.25, -0.2) is 0 Å². The Balaban J connectivity index is 1.78. The van der Waals surface area contributed by atoms with E-state index in [0.717, 1.165) is 13.1 Å². The highest BCUT2D eigenvalue weighted by Crippen LogP contribution is 2.18. The lowest BCUT2D eigenvalue weighted by Crippen LogP contribution is -2.17. The van der Waals surface area contributed by atoms with Crippen molar-refractivity contribution in [1.82, 2.24) is 9.88 Å². The molecule has 2 rings (SSSR count). The molecular weight excluding hydrogens is 244 g/mol. The number of hydrogen-bond acceptors (Lipinski definition) is 1. The molecule has 1 unspecified atom stereocenters. The number of hydrogen-bond donors (Lipinski definition) is 1. The van der Waals surface area contributed by atoms with Gasteiger partial charge in [0.25, 0.3) is 0 Å². The maximum Gasteiger partial charge on any atom is 0.0223 e. The molecule has 0 saturated carbocycles. The second-order valence-corrected chi connectivity index (χ2v) is 5.73. The van der Waals surface area contributed by atoms with E-state index in [2.05, 4.69) is 74.1 Å². The van der Waals surface area contributed by atoms with Crippen LogP contribution in [-0.4, -0.2) is 11.1 Å². The largest absolute Gasteiger partial charge is 0.352 e. The van der Waals surface area contributed by atoms with Crippen molar-refractivity contribution in [1.29, 1.82) is 0 Å². The van der Waals surface area contributed by atoms with Gasteiger partial charge < -0.3 is 9.88 Å². The number of aryl methyl sites for hydroxylation is 1. The van der Waals surface area contributed by atoms with Gasteiger partial charge in [-0.15, -0.1) is 0 Å². The number of nitrogens with zero attached hydrogens (tertiary/aromatic N) is 1. The van der Waals surface area contributed by atoms with Gasteiger partial charge in [-0.1, -0.05) is 37.3 Å². The Morgan fingerprint density at radius 2 is 1.85 bits per heavy atom. The lowest BCUT2D eigenvalue weighted by Gasteiger charge is -2.12. The van der Waals surface area contributed by atoms with E-state index in [1.54, 1.807) is 0 Å². The maximum absolute atomic E-state index is 3.57. The molecule has 20 heavy (non-hydrogen) atoms. The molecule has 1 aromatic heterocycles. The first kappa shape index (κ1) is 14.9. The Bertz CT molecular complexity index is 540. The molecule has 1 atom stereocenters. The van der Waals surface area contributed by atoms with Gasteiger partial charge in [0, 0.05) is 25.0 Å². The second kappa shape index (κ2) is 6.76. The lowest BCUT2D eigenvalue weighted by atomic mass is 9.98. The van der Waals surface area contributed by atoms with E-state index in [1.807, 2.05) is 0 Å². The molecular formula is C18H26N2. The average Bonchev–Trinajstić information content (AvgIpc) is 2.71. The number of nitrogens with one attached hydrogen (secondary N) is 1. The first-order valence-electron chi connectivity index (χ1n) is 7.47. The summed E-state index contributed by atoms with van der Waals surface area (Å²) in [5.41, 5.74) is 5.54. The van der Waals surface area contributed by atoms with Gasteiger partial charge in [0.2, 0.25) is 0 Å². The van der Waals surface area contributed by atoms with Gasteiger partial charge in [-0.05, 0) is 49.9 Å². The summed E-state index contributed by atoms with van der Waals surface area (Å²) in [5.74, 6) is 0.613. The second-order valence-electron chi connectivity index (χ2n) is 5.73. The van der Waals surface area contributed by atoms with Gasteiger partial charge in [0.05, 0.1) is 0 Å². The van der Waals surface area contributed by atoms with Crippen molar-refractivity contribution in [3.63, 3.8) is 0 Å². The molecule has 0 fully saturated rings. The Morgan fingerprint density at radius 3 is 2.45 bits per heavy atom. The van der Waals surface area contributed by atoms with Crippen molar-refractivity contribution >= 4 is 0 Å². The van der Waals surface area contributed by atoms with E-state index in [9.17, 15) is 0 Å². The van der Waals surface area contributed by atoms with Crippen molar-refractivity contribution in [3.8, 4) is 0 Å². The number of aromatic nitrogens is 1. The van der Waals surface area contributed by atoms with Crippen molar-refractivity contribution in [3.05, 3.63) is 58.9 Å². The molecule has 0 spiro atoms. The first-order valence-corrected chi connectivity index (χ1v) is 7.47. The molecule has 0 bridgehead atoms. The minimum absolute atomic E-state index is 0.613. The Hall–Kier alpha value is -1.54. The minimum Gasteiger partial charge on any atom is -0.352 e. The van der Waals surface area contributed by atoms with Gasteiger partial charge in [-0.2, -0.15) is 0 Å². The monoisotopic (exact) mass is 270 g/mol. The molecule has 1 N–H and O–H groups in total. The minimum atomic E-state index is 0.613. The highest BCUT2D eigenvalue weighted by Gasteiger charge is 2.07. The van der Waals surface area contributed by atoms with Crippen molar-refractivity contribution in [2.75, 3.05) is 6.54 Å². The number of rotatable bonds is 6. The summed E-state index contributed by atoms with van der Waals surface area (Å²) in [7, 11) is 2.13. The number of benzene rings is 1. The van der Waals surface area contributed by atoms with E-state index in [0.29, 0.717) is 5.92 Å². The quantitative estimate of drug-likeness (QED) is 0.787. The fourth-order valence-corrected chi connectivity index (χ4v) is 2.60. The summed E-state index contributed by atoms with van der Waals surface area (Å²) in [4.78, 5) is 0. The molecule has 1 heterocycles. The zero-order valence-electron chi connectivity index (χ0n) is 13.1. The molecule has 2 nitrogen and oxygen atoms in total. The van der Waals surface area contributed by atoms with Crippen LogP contribution in [0.5, 0.6) is 0 Å². The molecule has 2 aromatic rings. The van der Waals surface area contributed by atoms with Crippen LogP contribution in [0, 0.1) is 13.8 Å². The smallest absolute Gasteiger partial charge is 0.0223 e. The van der Waals surface area contributed by atoms with Crippen molar-refractivity contribution < 1.29 is 0 Å². The molecule has 1 aromatic carbocycles. The summed E-state index contributed by atoms with van der Waals surface area (Å²) >= 11 is 0. The van der Waals surface area contributed by atoms with Crippen LogP contribution in [-0.2, 0) is 13.6 Å². The third-order valence-electron chi connectivity index (χ3n) is 4.32. The summed E-state index contributed by atoms with van der Waals surface area (Å²) in [6, 6.07) is 13.0. The third-order valence-corrected chi connectivity index (χ3v) is 4.32. The van der Waals surface area contributed by atoms with E-state index >= 15 is 0 Å². The molecule has 108 valence electrons. The predicted molar refractivity (Wildman–Crippen MR) is 86.1 cm³/mol. The molecule has 0 aliphatic carbocycles. The average molecular weight is 270 g/mol.